The minimum atomic E-state index is -0.801. The molecule has 1 aliphatic rings. The van der Waals surface area contributed by atoms with E-state index in [4.69, 9.17) is 9.47 Å². The van der Waals surface area contributed by atoms with Gasteiger partial charge in [0.25, 0.3) is 0 Å². The number of carbonyl (C=O) groups is 2. The lowest BCUT2D eigenvalue weighted by Gasteiger charge is -2.27. The van der Waals surface area contributed by atoms with E-state index in [2.05, 4.69) is 6.58 Å². The summed E-state index contributed by atoms with van der Waals surface area (Å²) in [6.45, 7) is 8.81. The van der Waals surface area contributed by atoms with Crippen molar-refractivity contribution >= 4 is 12.1 Å². The van der Waals surface area contributed by atoms with E-state index in [0.717, 1.165) is 0 Å². The van der Waals surface area contributed by atoms with E-state index in [1.165, 1.54) is 11.0 Å². The summed E-state index contributed by atoms with van der Waals surface area (Å²) in [4.78, 5) is 25.0. The summed E-state index contributed by atoms with van der Waals surface area (Å²) in [7, 11) is 0. The van der Waals surface area contributed by atoms with Crippen molar-refractivity contribution in [2.45, 2.75) is 44.9 Å². The third-order valence-corrected chi connectivity index (χ3v) is 2.52. The van der Waals surface area contributed by atoms with Crippen LogP contribution in [0.5, 0.6) is 0 Å². The number of hydrogen-bond acceptors (Lipinski definition) is 5. The van der Waals surface area contributed by atoms with Gasteiger partial charge in [0, 0.05) is 6.42 Å². The maximum Gasteiger partial charge on any atom is 0.411 e. The molecule has 1 amide bonds. The first-order chi connectivity index (χ1) is 8.74. The molecule has 0 aromatic carbocycles. The van der Waals surface area contributed by atoms with Crippen LogP contribution in [0, 0.1) is 0 Å². The number of hydrogen-bond donors (Lipinski definition) is 1. The number of nitrogens with zero attached hydrogens (tertiary/aromatic N) is 1. The molecule has 0 saturated carbocycles. The molecule has 0 unspecified atom stereocenters. The van der Waals surface area contributed by atoms with E-state index in [1.807, 2.05) is 0 Å². The SMILES string of the molecule is C=CCOC(=O)[C@@H]1C[C@@H](O)CN1C(=O)OC(C)(C)C. The number of amides is 1. The van der Waals surface area contributed by atoms with Crippen molar-refractivity contribution in [1.82, 2.24) is 4.90 Å². The van der Waals surface area contributed by atoms with E-state index in [1.54, 1.807) is 20.8 Å². The summed E-state index contributed by atoms with van der Waals surface area (Å²) in [6, 6.07) is -0.801. The molecule has 108 valence electrons. The first-order valence-corrected chi connectivity index (χ1v) is 6.20. The van der Waals surface area contributed by atoms with Crippen molar-refractivity contribution < 1.29 is 24.2 Å². The van der Waals surface area contributed by atoms with Gasteiger partial charge in [0.15, 0.2) is 0 Å². The average Bonchev–Trinajstić information content (AvgIpc) is 2.66. The summed E-state index contributed by atoms with van der Waals surface area (Å²) in [5.41, 5.74) is -0.653. The third-order valence-electron chi connectivity index (χ3n) is 2.52. The second kappa shape index (κ2) is 6.06. The zero-order valence-corrected chi connectivity index (χ0v) is 11.6. The van der Waals surface area contributed by atoms with Gasteiger partial charge < -0.3 is 14.6 Å². The van der Waals surface area contributed by atoms with E-state index in [-0.39, 0.29) is 19.6 Å². The maximum atomic E-state index is 12.0. The van der Waals surface area contributed by atoms with E-state index in [0.29, 0.717) is 0 Å². The van der Waals surface area contributed by atoms with Gasteiger partial charge in [0.2, 0.25) is 0 Å². The highest BCUT2D eigenvalue weighted by molar-refractivity contribution is 5.82. The molecule has 0 radical (unpaired) electrons. The second-order valence-electron chi connectivity index (χ2n) is 5.46. The van der Waals surface area contributed by atoms with Crippen LogP contribution in [0.1, 0.15) is 27.2 Å². The lowest BCUT2D eigenvalue weighted by molar-refractivity contribution is -0.147. The van der Waals surface area contributed by atoms with Crippen LogP contribution in [0.15, 0.2) is 12.7 Å². The van der Waals surface area contributed by atoms with Crippen LogP contribution >= 0.6 is 0 Å². The molecular formula is C13H21NO5. The molecule has 1 aliphatic heterocycles. The predicted octanol–water partition coefficient (Wildman–Crippen LogP) is 1.09. The predicted molar refractivity (Wildman–Crippen MR) is 68.5 cm³/mol. The molecule has 0 aromatic heterocycles. The summed E-state index contributed by atoms with van der Waals surface area (Å²) in [6.07, 6.45) is 0.245. The Morgan fingerprint density at radius 2 is 2.11 bits per heavy atom. The smallest absolute Gasteiger partial charge is 0.411 e. The Bertz CT molecular complexity index is 361. The number of esters is 1. The fourth-order valence-electron chi connectivity index (χ4n) is 1.80. The average molecular weight is 271 g/mol. The molecule has 1 N–H and O–H groups in total. The Morgan fingerprint density at radius 1 is 1.47 bits per heavy atom. The molecule has 1 rings (SSSR count). The number of ether oxygens (including phenoxy) is 2. The van der Waals surface area contributed by atoms with Gasteiger partial charge in [-0.05, 0) is 20.8 Å². The van der Waals surface area contributed by atoms with E-state index < -0.39 is 29.8 Å². The summed E-state index contributed by atoms with van der Waals surface area (Å²) in [5.74, 6) is -0.553. The molecule has 2 atom stereocenters. The van der Waals surface area contributed by atoms with Gasteiger partial charge in [-0.1, -0.05) is 12.7 Å². The fourth-order valence-corrected chi connectivity index (χ4v) is 1.80. The molecule has 0 aliphatic carbocycles. The van der Waals surface area contributed by atoms with Crippen LogP contribution in [-0.2, 0) is 14.3 Å². The van der Waals surface area contributed by atoms with Gasteiger partial charge in [0.05, 0.1) is 12.6 Å². The monoisotopic (exact) mass is 271 g/mol. The highest BCUT2D eigenvalue weighted by Gasteiger charge is 2.41. The number of likely N-dealkylation sites (tertiary alicyclic amines) is 1. The zero-order chi connectivity index (χ0) is 14.6. The molecule has 6 heteroatoms. The van der Waals surface area contributed by atoms with E-state index in [9.17, 15) is 14.7 Å². The lowest BCUT2D eigenvalue weighted by atomic mass is 10.2. The van der Waals surface area contributed by atoms with Crippen molar-refractivity contribution in [2.75, 3.05) is 13.2 Å². The molecule has 1 heterocycles. The molecule has 1 saturated heterocycles. The number of aliphatic hydroxyl groups is 1. The van der Waals surface area contributed by atoms with Crippen molar-refractivity contribution in [2.24, 2.45) is 0 Å². The molecule has 6 nitrogen and oxygen atoms in total. The number of aliphatic hydroxyl groups excluding tert-OH is 1. The molecular weight excluding hydrogens is 250 g/mol. The Balaban J connectivity index is 2.71. The normalized spacial score (nSPS) is 23.1. The topological polar surface area (TPSA) is 76.1 Å². The third kappa shape index (κ3) is 4.55. The van der Waals surface area contributed by atoms with Crippen molar-refractivity contribution in [3.8, 4) is 0 Å². The highest BCUT2D eigenvalue weighted by atomic mass is 16.6. The zero-order valence-electron chi connectivity index (χ0n) is 11.6. The first kappa shape index (κ1) is 15.5. The lowest BCUT2D eigenvalue weighted by Crippen LogP contribution is -2.44. The van der Waals surface area contributed by atoms with Crippen molar-refractivity contribution in [3.63, 3.8) is 0 Å². The minimum Gasteiger partial charge on any atom is -0.460 e. The quantitative estimate of drug-likeness (QED) is 0.614. The van der Waals surface area contributed by atoms with Crippen LogP contribution in [0.4, 0.5) is 4.79 Å². The number of carbonyl (C=O) groups excluding carboxylic acids is 2. The highest BCUT2D eigenvalue weighted by Crippen LogP contribution is 2.22. The summed E-state index contributed by atoms with van der Waals surface area (Å²) < 4.78 is 10.1. The molecule has 19 heavy (non-hydrogen) atoms. The van der Waals surface area contributed by atoms with Gasteiger partial charge in [0.1, 0.15) is 18.2 Å². The minimum absolute atomic E-state index is 0.0722. The number of β-amino-alcohol motifs (C(OH)–C–C–N with tert-alkyl or cyclic N) is 1. The molecule has 0 bridgehead atoms. The standard InChI is InChI=1S/C13H21NO5/c1-5-6-18-11(16)10-7-9(15)8-14(10)12(17)19-13(2,3)4/h5,9-10,15H,1,6-8H2,2-4H3/t9-,10+/m1/s1. The number of rotatable bonds is 3. The van der Waals surface area contributed by atoms with E-state index >= 15 is 0 Å². The van der Waals surface area contributed by atoms with Crippen LogP contribution < -0.4 is 0 Å². The Kier molecular flexibility index (Phi) is 4.94. The molecule has 0 spiro atoms. The molecule has 0 aromatic rings. The van der Waals surface area contributed by atoms with Gasteiger partial charge in [-0.3, -0.25) is 4.90 Å². The van der Waals surface area contributed by atoms with Gasteiger partial charge in [-0.2, -0.15) is 0 Å². The largest absolute Gasteiger partial charge is 0.460 e. The van der Waals surface area contributed by atoms with Crippen LogP contribution in [0.2, 0.25) is 0 Å². The fraction of sp³-hybridized carbons (Fsp3) is 0.692. The van der Waals surface area contributed by atoms with Gasteiger partial charge in [-0.15, -0.1) is 0 Å². The summed E-state index contributed by atoms with van der Waals surface area (Å²) in [5, 5.41) is 9.61. The van der Waals surface area contributed by atoms with Crippen LogP contribution in [0.25, 0.3) is 0 Å². The Hall–Kier alpha value is -1.56. The first-order valence-electron chi connectivity index (χ1n) is 6.20. The Labute approximate surface area is 113 Å². The van der Waals surface area contributed by atoms with Crippen LogP contribution in [-0.4, -0.2) is 53.0 Å². The Morgan fingerprint density at radius 3 is 2.63 bits per heavy atom. The van der Waals surface area contributed by atoms with Crippen LogP contribution in [0.3, 0.4) is 0 Å². The van der Waals surface area contributed by atoms with Crippen molar-refractivity contribution in [1.29, 1.82) is 0 Å². The second-order valence-corrected chi connectivity index (χ2v) is 5.46. The molecule has 1 fully saturated rings. The van der Waals surface area contributed by atoms with Crippen molar-refractivity contribution in [3.05, 3.63) is 12.7 Å². The summed E-state index contributed by atoms with van der Waals surface area (Å²) >= 11 is 0. The van der Waals surface area contributed by atoms with Gasteiger partial charge in [-0.25, -0.2) is 9.59 Å². The maximum absolute atomic E-state index is 12.0. The van der Waals surface area contributed by atoms with Gasteiger partial charge >= 0.3 is 12.1 Å².